The van der Waals surface area contributed by atoms with E-state index in [1.165, 1.54) is 0 Å². The van der Waals surface area contributed by atoms with Crippen molar-refractivity contribution in [3.63, 3.8) is 0 Å². The first kappa shape index (κ1) is 15.9. The average Bonchev–Trinajstić information content (AvgIpc) is 3.16. The molecule has 0 aliphatic rings. The Labute approximate surface area is 143 Å². The molecule has 1 atom stereocenters. The largest absolute Gasteiger partial charge is 0.469 e. The third kappa shape index (κ3) is 3.85. The number of carbonyl (C=O) groups excluding carboxylic acids is 1. The van der Waals surface area contributed by atoms with Gasteiger partial charge in [0.05, 0.1) is 6.26 Å². The zero-order chi connectivity index (χ0) is 16.2. The van der Waals surface area contributed by atoms with Crippen LogP contribution in [0.3, 0.4) is 0 Å². The first-order valence-electron chi connectivity index (χ1n) is 7.68. The van der Waals surface area contributed by atoms with Gasteiger partial charge in [0.25, 0.3) is 0 Å². The number of furan rings is 1. The minimum atomic E-state index is 0.0226. The molecule has 3 aromatic rings. The third-order valence-corrected chi connectivity index (χ3v) is 4.58. The summed E-state index contributed by atoms with van der Waals surface area (Å²) in [6.45, 7) is 2.34. The summed E-state index contributed by atoms with van der Waals surface area (Å²) >= 11 is 3.53. The number of aryl methyl sites for hydroxylation is 1. The Balaban J connectivity index is 1.57. The number of carbonyl (C=O) groups is 1. The van der Waals surface area contributed by atoms with Gasteiger partial charge in [0.1, 0.15) is 12.3 Å². The van der Waals surface area contributed by atoms with Gasteiger partial charge in [-0.1, -0.05) is 22.0 Å². The van der Waals surface area contributed by atoms with Crippen LogP contribution in [0.1, 0.15) is 19.1 Å². The molecule has 0 aliphatic heterocycles. The molecule has 0 aliphatic carbocycles. The molecule has 2 aromatic heterocycles. The molecular formula is C18H19BrN2O2. The summed E-state index contributed by atoms with van der Waals surface area (Å²) in [7, 11) is 0. The Bertz CT molecular complexity index is 793. The van der Waals surface area contributed by atoms with Crippen molar-refractivity contribution >= 4 is 32.7 Å². The first-order chi connectivity index (χ1) is 11.1. The third-order valence-electron chi connectivity index (χ3n) is 3.89. The molecule has 1 N–H and O–H groups in total. The number of hydrogen-bond acceptors (Lipinski definition) is 2. The SMILES string of the molecule is C[C@H](CCc1ccco1)NC(=O)Cn1ccc2c(Br)cccc21. The van der Waals surface area contributed by atoms with Crippen molar-refractivity contribution in [2.75, 3.05) is 0 Å². The molecule has 3 rings (SSSR count). The van der Waals surface area contributed by atoms with Crippen LogP contribution in [0.25, 0.3) is 10.9 Å². The zero-order valence-electron chi connectivity index (χ0n) is 13.0. The predicted molar refractivity (Wildman–Crippen MR) is 94.3 cm³/mol. The van der Waals surface area contributed by atoms with Crippen molar-refractivity contribution in [3.05, 3.63) is 59.1 Å². The second-order valence-corrected chi connectivity index (χ2v) is 6.56. The number of hydrogen-bond donors (Lipinski definition) is 1. The number of nitrogens with zero attached hydrogens (tertiary/aromatic N) is 1. The molecule has 0 saturated heterocycles. The van der Waals surface area contributed by atoms with Crippen LogP contribution in [0, 0.1) is 0 Å². The lowest BCUT2D eigenvalue weighted by atomic mass is 10.1. The average molecular weight is 375 g/mol. The molecule has 0 radical (unpaired) electrons. The summed E-state index contributed by atoms with van der Waals surface area (Å²) in [6, 6.07) is 12.0. The fraction of sp³-hybridized carbons (Fsp3) is 0.278. The van der Waals surface area contributed by atoms with Crippen molar-refractivity contribution in [3.8, 4) is 0 Å². The van der Waals surface area contributed by atoms with E-state index in [9.17, 15) is 4.79 Å². The first-order valence-corrected chi connectivity index (χ1v) is 8.48. The molecule has 0 spiro atoms. The molecule has 5 heteroatoms. The number of halogens is 1. The predicted octanol–water partition coefficient (Wildman–Crippen LogP) is 4.13. The molecule has 0 unspecified atom stereocenters. The highest BCUT2D eigenvalue weighted by Gasteiger charge is 2.11. The summed E-state index contributed by atoms with van der Waals surface area (Å²) in [6.07, 6.45) is 5.31. The molecule has 0 fully saturated rings. The van der Waals surface area contributed by atoms with Crippen LogP contribution < -0.4 is 5.32 Å². The van der Waals surface area contributed by atoms with Gasteiger partial charge in [0, 0.05) is 34.0 Å². The van der Waals surface area contributed by atoms with Crippen molar-refractivity contribution in [2.24, 2.45) is 0 Å². The van der Waals surface area contributed by atoms with Crippen molar-refractivity contribution in [1.82, 2.24) is 9.88 Å². The topological polar surface area (TPSA) is 47.2 Å². The van der Waals surface area contributed by atoms with Crippen LogP contribution >= 0.6 is 15.9 Å². The molecule has 0 saturated carbocycles. The van der Waals surface area contributed by atoms with Gasteiger partial charge in [-0.05, 0) is 43.7 Å². The monoisotopic (exact) mass is 374 g/mol. The molecular weight excluding hydrogens is 356 g/mol. The highest BCUT2D eigenvalue weighted by Crippen LogP contribution is 2.24. The Morgan fingerprint density at radius 3 is 2.96 bits per heavy atom. The van der Waals surface area contributed by atoms with E-state index in [1.807, 2.05) is 54.1 Å². The van der Waals surface area contributed by atoms with Gasteiger partial charge in [0.2, 0.25) is 5.91 Å². The van der Waals surface area contributed by atoms with E-state index >= 15 is 0 Å². The van der Waals surface area contributed by atoms with Crippen LogP contribution in [-0.4, -0.2) is 16.5 Å². The molecule has 0 bridgehead atoms. The summed E-state index contributed by atoms with van der Waals surface area (Å²) < 4.78 is 8.32. The van der Waals surface area contributed by atoms with Gasteiger partial charge in [0.15, 0.2) is 0 Å². The van der Waals surface area contributed by atoms with Gasteiger partial charge < -0.3 is 14.3 Å². The van der Waals surface area contributed by atoms with E-state index in [0.29, 0.717) is 6.54 Å². The lowest BCUT2D eigenvalue weighted by Gasteiger charge is -2.14. The van der Waals surface area contributed by atoms with Crippen LogP contribution in [0.5, 0.6) is 0 Å². The second kappa shape index (κ2) is 7.04. The summed E-state index contributed by atoms with van der Waals surface area (Å²) in [5, 5.41) is 4.16. The number of aromatic nitrogens is 1. The van der Waals surface area contributed by atoms with Gasteiger partial charge in [-0.3, -0.25) is 4.79 Å². The van der Waals surface area contributed by atoms with E-state index in [-0.39, 0.29) is 11.9 Å². The standard InChI is InChI=1S/C18H19BrN2O2/c1-13(7-8-14-4-3-11-23-14)20-18(22)12-21-10-9-15-16(19)5-2-6-17(15)21/h2-6,9-11,13H,7-8,12H2,1H3,(H,20,22)/t13-/m1/s1. The van der Waals surface area contributed by atoms with E-state index < -0.39 is 0 Å². The number of benzene rings is 1. The fourth-order valence-corrected chi connectivity index (χ4v) is 3.17. The smallest absolute Gasteiger partial charge is 0.240 e. The highest BCUT2D eigenvalue weighted by molar-refractivity contribution is 9.10. The van der Waals surface area contributed by atoms with Crippen molar-refractivity contribution in [1.29, 1.82) is 0 Å². The number of nitrogens with one attached hydrogen (secondary N) is 1. The van der Waals surface area contributed by atoms with Crippen molar-refractivity contribution < 1.29 is 9.21 Å². The maximum absolute atomic E-state index is 12.2. The molecule has 1 aromatic carbocycles. The quantitative estimate of drug-likeness (QED) is 0.704. The van der Waals surface area contributed by atoms with Crippen LogP contribution in [0.4, 0.5) is 0 Å². The highest BCUT2D eigenvalue weighted by atomic mass is 79.9. The Morgan fingerprint density at radius 2 is 2.17 bits per heavy atom. The Hall–Kier alpha value is -2.01. The fourth-order valence-electron chi connectivity index (χ4n) is 2.68. The lowest BCUT2D eigenvalue weighted by Crippen LogP contribution is -2.35. The van der Waals surface area contributed by atoms with E-state index in [0.717, 1.165) is 34.0 Å². The summed E-state index contributed by atoms with van der Waals surface area (Å²) in [5.41, 5.74) is 1.05. The second-order valence-electron chi connectivity index (χ2n) is 5.70. The van der Waals surface area contributed by atoms with Gasteiger partial charge in [-0.15, -0.1) is 0 Å². The van der Waals surface area contributed by atoms with Crippen LogP contribution in [0.2, 0.25) is 0 Å². The number of fused-ring (bicyclic) bond motifs is 1. The molecule has 23 heavy (non-hydrogen) atoms. The normalized spacial score (nSPS) is 12.4. The summed E-state index contributed by atoms with van der Waals surface area (Å²) in [5.74, 6) is 0.974. The Morgan fingerprint density at radius 1 is 1.30 bits per heavy atom. The molecule has 4 nitrogen and oxygen atoms in total. The number of rotatable bonds is 6. The zero-order valence-corrected chi connectivity index (χ0v) is 14.5. The minimum absolute atomic E-state index is 0.0226. The lowest BCUT2D eigenvalue weighted by molar-refractivity contribution is -0.122. The van der Waals surface area contributed by atoms with Crippen molar-refractivity contribution in [2.45, 2.75) is 32.4 Å². The summed E-state index contributed by atoms with van der Waals surface area (Å²) in [4.78, 5) is 12.2. The number of amides is 1. The van der Waals surface area contributed by atoms with Crippen LogP contribution in [-0.2, 0) is 17.8 Å². The molecule has 2 heterocycles. The van der Waals surface area contributed by atoms with E-state index in [1.54, 1.807) is 6.26 Å². The Kier molecular flexibility index (Phi) is 4.86. The van der Waals surface area contributed by atoms with Gasteiger partial charge in [-0.2, -0.15) is 0 Å². The molecule has 120 valence electrons. The van der Waals surface area contributed by atoms with Gasteiger partial charge >= 0.3 is 0 Å². The molecule has 1 amide bonds. The van der Waals surface area contributed by atoms with E-state index in [2.05, 4.69) is 21.2 Å². The van der Waals surface area contributed by atoms with Gasteiger partial charge in [-0.25, -0.2) is 0 Å². The minimum Gasteiger partial charge on any atom is -0.469 e. The van der Waals surface area contributed by atoms with E-state index in [4.69, 9.17) is 4.42 Å². The maximum atomic E-state index is 12.2. The maximum Gasteiger partial charge on any atom is 0.240 e. The van der Waals surface area contributed by atoms with Crippen LogP contribution in [0.15, 0.2) is 57.7 Å².